The van der Waals surface area contributed by atoms with Crippen molar-refractivity contribution in [2.24, 2.45) is 0 Å². The number of amides is 3. The van der Waals surface area contributed by atoms with E-state index in [-0.39, 0.29) is 39.3 Å². The van der Waals surface area contributed by atoms with Crippen LogP contribution >= 0.6 is 0 Å². The minimum atomic E-state index is -0.741. The molecule has 0 radical (unpaired) electrons. The molecular formula is C24H30N4O5. The van der Waals surface area contributed by atoms with Gasteiger partial charge in [0.05, 0.1) is 32.7 Å². The molecule has 0 saturated carbocycles. The molecule has 0 aromatic rings. The Bertz CT molecular complexity index is 877. The summed E-state index contributed by atoms with van der Waals surface area (Å²) in [6.07, 6.45) is 21.1. The van der Waals surface area contributed by atoms with Gasteiger partial charge < -0.3 is 19.4 Å². The Balaban J connectivity index is 5.32. The van der Waals surface area contributed by atoms with Gasteiger partial charge in [0.15, 0.2) is 0 Å². The van der Waals surface area contributed by atoms with Crippen molar-refractivity contribution in [1.29, 1.82) is 0 Å². The summed E-state index contributed by atoms with van der Waals surface area (Å²) < 4.78 is 5.22. The lowest BCUT2D eigenvalue weighted by Crippen LogP contribution is -2.49. The number of hydrogen-bond acceptors (Lipinski definition) is 6. The molecule has 0 saturated heterocycles. The van der Waals surface area contributed by atoms with Crippen LogP contribution in [0.5, 0.6) is 0 Å². The smallest absolute Gasteiger partial charge is 0.326 e. The van der Waals surface area contributed by atoms with Crippen molar-refractivity contribution in [2.45, 2.75) is 26.4 Å². The van der Waals surface area contributed by atoms with E-state index in [0.717, 1.165) is 14.7 Å². The molecule has 0 aliphatic rings. The molecule has 0 heterocycles. The molecule has 33 heavy (non-hydrogen) atoms. The highest BCUT2D eigenvalue weighted by Gasteiger charge is 2.26. The van der Waals surface area contributed by atoms with Gasteiger partial charge in [-0.15, -0.1) is 25.7 Å². The average Bonchev–Trinajstić information content (AvgIpc) is 2.71. The van der Waals surface area contributed by atoms with E-state index in [0.29, 0.717) is 0 Å². The third-order valence-electron chi connectivity index (χ3n) is 3.80. The second-order valence-corrected chi connectivity index (χ2v) is 7.76. The highest BCUT2D eigenvalue weighted by molar-refractivity contribution is 5.90. The van der Waals surface area contributed by atoms with Crippen LogP contribution in [0.15, 0.2) is 0 Å². The molecular weight excluding hydrogens is 424 g/mol. The molecule has 0 spiro atoms. The van der Waals surface area contributed by atoms with Crippen LogP contribution in [0.4, 0.5) is 0 Å². The summed E-state index contributed by atoms with van der Waals surface area (Å²) in [6.45, 7) is 3.42. The first-order valence-corrected chi connectivity index (χ1v) is 9.98. The first-order chi connectivity index (χ1) is 15.5. The SMILES string of the molecule is C#CCNCC(=O)N(CC#C)CC(=O)N(CC#C)CC(=O)N(CC#C)CC(=O)OC(C)(C)C. The lowest BCUT2D eigenvalue weighted by molar-refractivity contribution is -0.159. The van der Waals surface area contributed by atoms with Crippen LogP contribution in [0.3, 0.4) is 0 Å². The van der Waals surface area contributed by atoms with Crippen LogP contribution in [0, 0.1) is 49.4 Å². The van der Waals surface area contributed by atoms with Crippen molar-refractivity contribution >= 4 is 23.7 Å². The van der Waals surface area contributed by atoms with Crippen molar-refractivity contribution < 1.29 is 23.9 Å². The summed E-state index contributed by atoms with van der Waals surface area (Å²) in [5.41, 5.74) is -0.741. The van der Waals surface area contributed by atoms with Crippen LogP contribution in [-0.2, 0) is 23.9 Å². The van der Waals surface area contributed by atoms with E-state index in [1.165, 1.54) is 0 Å². The lowest BCUT2D eigenvalue weighted by Gasteiger charge is -2.28. The van der Waals surface area contributed by atoms with Gasteiger partial charge in [-0.05, 0) is 20.8 Å². The van der Waals surface area contributed by atoms with Gasteiger partial charge in [0.1, 0.15) is 25.2 Å². The van der Waals surface area contributed by atoms with Gasteiger partial charge in [0.2, 0.25) is 17.7 Å². The average molecular weight is 455 g/mol. The Hall–Kier alpha value is -3.92. The lowest BCUT2D eigenvalue weighted by atomic mass is 10.2. The fourth-order valence-corrected chi connectivity index (χ4v) is 2.44. The molecule has 0 aromatic heterocycles. The molecule has 0 unspecified atom stereocenters. The van der Waals surface area contributed by atoms with E-state index in [2.05, 4.69) is 29.0 Å². The van der Waals surface area contributed by atoms with Crippen molar-refractivity contribution in [1.82, 2.24) is 20.0 Å². The highest BCUT2D eigenvalue weighted by atomic mass is 16.6. The summed E-state index contributed by atoms with van der Waals surface area (Å²) in [5.74, 6) is 6.94. The monoisotopic (exact) mass is 454 g/mol. The molecule has 3 amide bonds. The summed E-state index contributed by atoms with van der Waals surface area (Å²) in [7, 11) is 0. The molecule has 0 aliphatic carbocycles. The number of nitrogens with one attached hydrogen (secondary N) is 1. The minimum absolute atomic E-state index is 0.112. The zero-order valence-corrected chi connectivity index (χ0v) is 19.3. The third kappa shape index (κ3) is 12.5. The number of terminal acetylenes is 4. The van der Waals surface area contributed by atoms with Crippen LogP contribution in [0.1, 0.15) is 20.8 Å². The Labute approximate surface area is 196 Å². The number of esters is 1. The van der Waals surface area contributed by atoms with Gasteiger partial charge in [-0.2, -0.15) is 0 Å². The molecule has 0 bridgehead atoms. The van der Waals surface area contributed by atoms with Gasteiger partial charge in [-0.1, -0.05) is 23.7 Å². The van der Waals surface area contributed by atoms with Gasteiger partial charge in [0, 0.05) is 0 Å². The second kappa shape index (κ2) is 15.0. The van der Waals surface area contributed by atoms with E-state index in [9.17, 15) is 19.2 Å². The van der Waals surface area contributed by atoms with Crippen LogP contribution in [0.2, 0.25) is 0 Å². The molecule has 0 aliphatic heterocycles. The standard InChI is InChI=1S/C24H30N4O5/c1-8-12-25-16-20(29)26(13-9-2)17-21(30)27(14-10-3)18-22(31)28(15-11-4)19-23(32)33-24(5,6)7/h1-4,25H,12-19H2,5-7H3. The topological polar surface area (TPSA) is 99.3 Å². The summed E-state index contributed by atoms with van der Waals surface area (Å²) in [5, 5.41) is 2.72. The molecule has 0 aromatic carbocycles. The van der Waals surface area contributed by atoms with E-state index < -0.39 is 42.4 Å². The Morgan fingerprint density at radius 1 is 0.727 bits per heavy atom. The maximum Gasteiger partial charge on any atom is 0.326 e. The molecule has 0 atom stereocenters. The highest BCUT2D eigenvalue weighted by Crippen LogP contribution is 2.08. The van der Waals surface area contributed by atoms with E-state index in [1.54, 1.807) is 20.8 Å². The fraction of sp³-hybridized carbons (Fsp3) is 0.500. The first-order valence-electron chi connectivity index (χ1n) is 9.98. The predicted octanol–water partition coefficient (Wildman–Crippen LogP) is -1.06. The van der Waals surface area contributed by atoms with E-state index in [1.807, 2.05) is 0 Å². The normalized spacial score (nSPS) is 9.91. The van der Waals surface area contributed by atoms with E-state index in [4.69, 9.17) is 30.4 Å². The first kappa shape index (κ1) is 29.1. The van der Waals surface area contributed by atoms with Crippen molar-refractivity contribution in [2.75, 3.05) is 52.4 Å². The third-order valence-corrected chi connectivity index (χ3v) is 3.80. The number of rotatable bonds is 12. The molecule has 0 fully saturated rings. The quantitative estimate of drug-likeness (QED) is 0.229. The van der Waals surface area contributed by atoms with Gasteiger partial charge in [-0.25, -0.2) is 0 Å². The van der Waals surface area contributed by atoms with Crippen molar-refractivity contribution in [3.05, 3.63) is 0 Å². The Morgan fingerprint density at radius 2 is 1.15 bits per heavy atom. The van der Waals surface area contributed by atoms with Crippen LogP contribution in [0.25, 0.3) is 0 Å². The summed E-state index contributed by atoms with van der Waals surface area (Å²) in [4.78, 5) is 53.3. The number of nitrogens with zero attached hydrogens (tertiary/aromatic N) is 3. The maximum atomic E-state index is 12.8. The zero-order chi connectivity index (χ0) is 25.4. The van der Waals surface area contributed by atoms with Gasteiger partial charge >= 0.3 is 5.97 Å². The summed E-state index contributed by atoms with van der Waals surface area (Å²) in [6, 6.07) is 0. The number of hydrogen-bond donors (Lipinski definition) is 1. The molecule has 176 valence electrons. The van der Waals surface area contributed by atoms with Crippen LogP contribution in [-0.4, -0.2) is 96.3 Å². The summed E-state index contributed by atoms with van der Waals surface area (Å²) >= 11 is 0. The largest absolute Gasteiger partial charge is 0.459 e. The van der Waals surface area contributed by atoms with E-state index >= 15 is 0 Å². The van der Waals surface area contributed by atoms with Crippen LogP contribution < -0.4 is 5.32 Å². The van der Waals surface area contributed by atoms with Gasteiger partial charge in [0.25, 0.3) is 0 Å². The van der Waals surface area contributed by atoms with Crippen molar-refractivity contribution in [3.8, 4) is 49.4 Å². The maximum absolute atomic E-state index is 12.8. The fourth-order valence-electron chi connectivity index (χ4n) is 2.44. The number of carbonyl (C=O) groups excluding carboxylic acids is 4. The minimum Gasteiger partial charge on any atom is -0.459 e. The number of carbonyl (C=O) groups is 4. The van der Waals surface area contributed by atoms with Crippen molar-refractivity contribution in [3.63, 3.8) is 0 Å². The Kier molecular flexibility index (Phi) is 13.2. The zero-order valence-electron chi connectivity index (χ0n) is 19.3. The number of ether oxygens (including phenoxy) is 1. The van der Waals surface area contributed by atoms with Gasteiger partial charge in [-0.3, -0.25) is 24.5 Å². The predicted molar refractivity (Wildman–Crippen MR) is 124 cm³/mol. The molecule has 1 N–H and O–H groups in total. The Morgan fingerprint density at radius 3 is 1.55 bits per heavy atom. The molecule has 0 rings (SSSR count). The molecule has 9 nitrogen and oxygen atoms in total. The molecule has 9 heteroatoms. The second-order valence-electron chi connectivity index (χ2n) is 7.76.